The molecule has 2 rings (SSSR count). The zero-order valence-electron chi connectivity index (χ0n) is 13.9. The van der Waals surface area contributed by atoms with Crippen molar-refractivity contribution in [3.05, 3.63) is 47.9 Å². The molecule has 24 heavy (non-hydrogen) atoms. The van der Waals surface area contributed by atoms with Crippen LogP contribution in [0.25, 0.3) is 0 Å². The quantitative estimate of drug-likeness (QED) is 0.829. The van der Waals surface area contributed by atoms with Crippen LogP contribution in [0.15, 0.2) is 45.7 Å². The molecule has 0 radical (unpaired) electrons. The first-order valence-corrected chi connectivity index (χ1v) is 9.27. The number of nitrogens with one attached hydrogen (secondary N) is 1. The first kappa shape index (κ1) is 18.1. The van der Waals surface area contributed by atoms with Gasteiger partial charge in [0, 0.05) is 6.04 Å². The molecule has 0 spiro atoms. The van der Waals surface area contributed by atoms with E-state index in [1.54, 1.807) is 12.1 Å². The largest absolute Gasteiger partial charge is 0.497 e. The predicted molar refractivity (Wildman–Crippen MR) is 89.8 cm³/mol. The van der Waals surface area contributed by atoms with Crippen LogP contribution in [0.5, 0.6) is 5.75 Å². The van der Waals surface area contributed by atoms with Crippen molar-refractivity contribution in [2.45, 2.75) is 37.0 Å². The summed E-state index contributed by atoms with van der Waals surface area (Å²) in [6, 6.07) is 9.14. The van der Waals surface area contributed by atoms with E-state index in [0.717, 1.165) is 6.42 Å². The number of ether oxygens (including phenoxy) is 1. The maximum absolute atomic E-state index is 12.4. The summed E-state index contributed by atoms with van der Waals surface area (Å²) in [7, 11) is -2.05. The van der Waals surface area contributed by atoms with Crippen LogP contribution in [-0.2, 0) is 15.6 Å². The molecule has 1 amide bonds. The molecule has 0 saturated heterocycles. The van der Waals surface area contributed by atoms with E-state index in [1.165, 1.54) is 31.4 Å². The lowest BCUT2D eigenvalue weighted by molar-refractivity contribution is 0.0909. The molecule has 1 atom stereocenters. The monoisotopic (exact) mass is 351 g/mol. The number of hydrogen-bond donors (Lipinski definition) is 1. The first-order valence-electron chi connectivity index (χ1n) is 7.62. The summed E-state index contributed by atoms with van der Waals surface area (Å²) in [6.07, 6.45) is 0.797. The molecule has 1 aromatic carbocycles. The number of carbonyl (C=O) groups excluding carboxylic acids is 1. The standard InChI is InChI=1S/C17H21NO5S/c1-4-12(2)18-17(19)16-10-7-14(23-16)11-24(20,21)15-8-5-13(22-3)6-9-15/h5-10,12H,4,11H2,1-3H3,(H,18,19)/t12-/m0/s1. The normalized spacial score (nSPS) is 12.6. The van der Waals surface area contributed by atoms with Crippen LogP contribution >= 0.6 is 0 Å². The van der Waals surface area contributed by atoms with Crippen molar-refractivity contribution in [1.82, 2.24) is 5.32 Å². The minimum atomic E-state index is -3.56. The molecule has 1 N–H and O–H groups in total. The van der Waals surface area contributed by atoms with Crippen LogP contribution in [0, 0.1) is 0 Å². The minimum Gasteiger partial charge on any atom is -0.497 e. The van der Waals surface area contributed by atoms with Crippen molar-refractivity contribution in [1.29, 1.82) is 0 Å². The first-order chi connectivity index (χ1) is 11.4. The van der Waals surface area contributed by atoms with E-state index < -0.39 is 9.84 Å². The van der Waals surface area contributed by atoms with Gasteiger partial charge in [0.1, 0.15) is 17.3 Å². The van der Waals surface area contributed by atoms with Gasteiger partial charge >= 0.3 is 0 Å². The number of furan rings is 1. The predicted octanol–water partition coefficient (Wildman–Crippen LogP) is 2.79. The summed E-state index contributed by atoms with van der Waals surface area (Å²) in [5, 5.41) is 2.77. The summed E-state index contributed by atoms with van der Waals surface area (Å²) in [4.78, 5) is 12.1. The van der Waals surface area contributed by atoms with Gasteiger partial charge in [0.05, 0.1) is 12.0 Å². The molecule has 0 aliphatic heterocycles. The van der Waals surface area contributed by atoms with Crippen molar-refractivity contribution in [3.63, 3.8) is 0 Å². The van der Waals surface area contributed by atoms with Crippen LogP contribution in [0.3, 0.4) is 0 Å². The number of hydrogen-bond acceptors (Lipinski definition) is 5. The Hall–Kier alpha value is -2.28. The van der Waals surface area contributed by atoms with Crippen molar-refractivity contribution in [3.8, 4) is 5.75 Å². The molecule has 2 aromatic rings. The van der Waals surface area contributed by atoms with Gasteiger partial charge in [-0.1, -0.05) is 6.92 Å². The van der Waals surface area contributed by atoms with E-state index in [0.29, 0.717) is 5.75 Å². The van der Waals surface area contributed by atoms with Gasteiger partial charge in [-0.05, 0) is 49.7 Å². The highest BCUT2D eigenvalue weighted by Crippen LogP contribution is 2.21. The zero-order valence-corrected chi connectivity index (χ0v) is 14.7. The SMILES string of the molecule is CC[C@H](C)NC(=O)c1ccc(CS(=O)(=O)c2ccc(OC)cc2)o1. The van der Waals surface area contributed by atoms with Gasteiger partial charge in [-0.15, -0.1) is 0 Å². The fourth-order valence-corrected chi connectivity index (χ4v) is 3.28. The Balaban J connectivity index is 2.11. The minimum absolute atomic E-state index is 0.0223. The fraction of sp³-hybridized carbons (Fsp3) is 0.353. The number of benzene rings is 1. The second-order valence-electron chi connectivity index (χ2n) is 5.48. The zero-order chi connectivity index (χ0) is 17.7. The fourth-order valence-electron chi connectivity index (χ4n) is 2.03. The Morgan fingerprint density at radius 1 is 1.21 bits per heavy atom. The highest BCUT2D eigenvalue weighted by molar-refractivity contribution is 7.90. The third-order valence-electron chi connectivity index (χ3n) is 3.63. The number of sulfone groups is 1. The molecule has 0 aliphatic carbocycles. The highest BCUT2D eigenvalue weighted by Gasteiger charge is 2.20. The Kier molecular flexibility index (Phi) is 5.66. The number of methoxy groups -OCH3 is 1. The molecule has 0 bridgehead atoms. The number of rotatable bonds is 7. The highest BCUT2D eigenvalue weighted by atomic mass is 32.2. The summed E-state index contributed by atoms with van der Waals surface area (Å²) in [6.45, 7) is 3.84. The van der Waals surface area contributed by atoms with E-state index in [-0.39, 0.29) is 34.1 Å². The van der Waals surface area contributed by atoms with Gasteiger partial charge in [0.2, 0.25) is 0 Å². The lowest BCUT2D eigenvalue weighted by atomic mass is 10.2. The van der Waals surface area contributed by atoms with E-state index in [4.69, 9.17) is 9.15 Å². The molecule has 130 valence electrons. The smallest absolute Gasteiger partial charge is 0.287 e. The Morgan fingerprint density at radius 2 is 1.88 bits per heavy atom. The van der Waals surface area contributed by atoms with Crippen LogP contribution in [0.4, 0.5) is 0 Å². The summed E-state index contributed by atoms with van der Waals surface area (Å²) in [5.74, 6) is 0.249. The molecule has 0 fully saturated rings. The maximum Gasteiger partial charge on any atom is 0.287 e. The molecular weight excluding hydrogens is 330 g/mol. The lowest BCUT2D eigenvalue weighted by Crippen LogP contribution is -2.31. The van der Waals surface area contributed by atoms with E-state index in [2.05, 4.69) is 5.32 Å². The molecule has 0 aliphatic rings. The van der Waals surface area contributed by atoms with E-state index in [1.807, 2.05) is 13.8 Å². The van der Waals surface area contributed by atoms with Crippen LogP contribution in [0.1, 0.15) is 36.6 Å². The molecule has 1 heterocycles. The molecule has 0 saturated carbocycles. The molecule has 6 nitrogen and oxygen atoms in total. The van der Waals surface area contributed by atoms with Crippen molar-refractivity contribution in [2.24, 2.45) is 0 Å². The summed E-state index contributed by atoms with van der Waals surface area (Å²) < 4.78 is 35.2. The average molecular weight is 351 g/mol. The van der Waals surface area contributed by atoms with Gasteiger partial charge in [0.25, 0.3) is 5.91 Å². The topological polar surface area (TPSA) is 85.6 Å². The number of carbonyl (C=O) groups is 1. The molecular formula is C17H21NO5S. The van der Waals surface area contributed by atoms with Crippen molar-refractivity contribution < 1.29 is 22.4 Å². The number of amides is 1. The van der Waals surface area contributed by atoms with Crippen molar-refractivity contribution >= 4 is 15.7 Å². The summed E-state index contributed by atoms with van der Waals surface area (Å²) in [5.41, 5.74) is 0. The molecule has 0 unspecified atom stereocenters. The molecule has 1 aromatic heterocycles. The van der Waals surface area contributed by atoms with Gasteiger partial charge in [-0.25, -0.2) is 8.42 Å². The third-order valence-corrected chi connectivity index (χ3v) is 5.28. The van der Waals surface area contributed by atoms with E-state index >= 15 is 0 Å². The summed E-state index contributed by atoms with van der Waals surface area (Å²) >= 11 is 0. The van der Waals surface area contributed by atoms with Gasteiger partial charge in [0.15, 0.2) is 15.6 Å². The third kappa shape index (κ3) is 4.38. The van der Waals surface area contributed by atoms with Gasteiger partial charge in [-0.2, -0.15) is 0 Å². The van der Waals surface area contributed by atoms with E-state index in [9.17, 15) is 13.2 Å². The van der Waals surface area contributed by atoms with Crippen LogP contribution in [0.2, 0.25) is 0 Å². The Labute approximate surface area is 141 Å². The molecule has 7 heteroatoms. The van der Waals surface area contributed by atoms with Crippen molar-refractivity contribution in [2.75, 3.05) is 7.11 Å². The van der Waals surface area contributed by atoms with Gasteiger partial charge in [-0.3, -0.25) is 4.79 Å². The van der Waals surface area contributed by atoms with Crippen LogP contribution in [-0.4, -0.2) is 27.5 Å². The maximum atomic E-state index is 12.4. The Morgan fingerprint density at radius 3 is 2.46 bits per heavy atom. The second-order valence-corrected chi connectivity index (χ2v) is 7.47. The van der Waals surface area contributed by atoms with Crippen LogP contribution < -0.4 is 10.1 Å². The van der Waals surface area contributed by atoms with Gasteiger partial charge < -0.3 is 14.5 Å². The lowest BCUT2D eigenvalue weighted by Gasteiger charge is -2.09. The second kappa shape index (κ2) is 7.53. The Bertz CT molecular complexity index is 793. The average Bonchev–Trinajstić information content (AvgIpc) is 3.02.